The SMILES string of the molecule is C#CCN1CC(=C)n2c1nc(-c1cccn1C)nc2=O. The van der Waals surface area contributed by atoms with Crippen molar-refractivity contribution in [2.24, 2.45) is 7.05 Å². The van der Waals surface area contributed by atoms with Crippen molar-refractivity contribution in [3.05, 3.63) is 35.4 Å². The Morgan fingerprint density at radius 1 is 1.50 bits per heavy atom. The molecular formula is C14H13N5O. The smallest absolute Gasteiger partial charge is 0.348 e. The molecule has 2 aromatic heterocycles. The van der Waals surface area contributed by atoms with Crippen LogP contribution in [0.4, 0.5) is 5.95 Å². The number of terminal acetylenes is 1. The molecule has 0 amide bonds. The first-order valence-electron chi connectivity index (χ1n) is 6.11. The Kier molecular flexibility index (Phi) is 2.68. The summed E-state index contributed by atoms with van der Waals surface area (Å²) in [6, 6.07) is 3.74. The van der Waals surface area contributed by atoms with Gasteiger partial charge in [-0.3, -0.25) is 0 Å². The van der Waals surface area contributed by atoms with Gasteiger partial charge in [0.25, 0.3) is 0 Å². The molecule has 6 nitrogen and oxygen atoms in total. The first-order chi connectivity index (χ1) is 9.61. The molecule has 0 spiro atoms. The fourth-order valence-corrected chi connectivity index (χ4v) is 2.29. The summed E-state index contributed by atoms with van der Waals surface area (Å²) in [5.74, 6) is 3.46. The highest BCUT2D eigenvalue weighted by Crippen LogP contribution is 2.24. The topological polar surface area (TPSA) is 56.0 Å². The molecule has 0 aliphatic carbocycles. The van der Waals surface area contributed by atoms with Crippen molar-refractivity contribution >= 4 is 11.6 Å². The molecule has 0 atom stereocenters. The lowest BCUT2D eigenvalue weighted by molar-refractivity contribution is 0.862. The second-order valence-electron chi connectivity index (χ2n) is 4.60. The van der Waals surface area contributed by atoms with E-state index in [4.69, 9.17) is 6.42 Å². The zero-order valence-electron chi connectivity index (χ0n) is 11.1. The molecule has 100 valence electrons. The normalized spacial score (nSPS) is 13.4. The second-order valence-corrected chi connectivity index (χ2v) is 4.60. The Balaban J connectivity index is 2.20. The van der Waals surface area contributed by atoms with Crippen molar-refractivity contribution < 1.29 is 0 Å². The maximum Gasteiger partial charge on any atom is 0.356 e. The highest BCUT2D eigenvalue weighted by Gasteiger charge is 2.26. The van der Waals surface area contributed by atoms with E-state index >= 15 is 0 Å². The number of fused-ring (bicyclic) bond motifs is 1. The molecule has 2 aromatic rings. The van der Waals surface area contributed by atoms with Gasteiger partial charge in [0.15, 0.2) is 5.82 Å². The molecule has 0 bridgehead atoms. The third kappa shape index (κ3) is 1.72. The molecule has 3 rings (SSSR count). The second kappa shape index (κ2) is 4.38. The molecule has 0 aromatic carbocycles. The van der Waals surface area contributed by atoms with Crippen LogP contribution in [-0.4, -0.2) is 32.2 Å². The lowest BCUT2D eigenvalue weighted by atomic mass is 10.4. The number of nitrogens with zero attached hydrogens (tertiary/aromatic N) is 5. The van der Waals surface area contributed by atoms with E-state index in [1.54, 1.807) is 0 Å². The standard InChI is InChI=1S/C14H13N5O/c1-4-7-18-9-10(2)19-13(18)15-12(16-14(19)20)11-6-5-8-17(11)3/h1,5-6,8H,2,7,9H2,3H3. The van der Waals surface area contributed by atoms with Crippen LogP contribution >= 0.6 is 0 Å². The molecule has 1 aliphatic rings. The first-order valence-corrected chi connectivity index (χ1v) is 6.11. The Hall–Kier alpha value is -2.81. The number of anilines is 1. The van der Waals surface area contributed by atoms with Crippen LogP contribution in [0, 0.1) is 12.3 Å². The number of hydrogen-bond donors (Lipinski definition) is 0. The van der Waals surface area contributed by atoms with E-state index in [1.165, 1.54) is 4.57 Å². The molecule has 0 saturated heterocycles. The van der Waals surface area contributed by atoms with Gasteiger partial charge in [0.2, 0.25) is 5.95 Å². The molecule has 1 aliphatic heterocycles. The Bertz CT molecular complexity index is 793. The molecule has 0 saturated carbocycles. The summed E-state index contributed by atoms with van der Waals surface area (Å²) in [5, 5.41) is 0. The average Bonchev–Trinajstić information content (AvgIpc) is 2.95. The van der Waals surface area contributed by atoms with Gasteiger partial charge in [-0.2, -0.15) is 9.97 Å². The van der Waals surface area contributed by atoms with Crippen molar-refractivity contribution in [2.45, 2.75) is 0 Å². The van der Waals surface area contributed by atoms with Gasteiger partial charge in [0.1, 0.15) is 0 Å². The summed E-state index contributed by atoms with van der Waals surface area (Å²) in [7, 11) is 1.88. The zero-order valence-corrected chi connectivity index (χ0v) is 11.1. The molecule has 3 heterocycles. The van der Waals surface area contributed by atoms with E-state index in [2.05, 4.69) is 22.5 Å². The lowest BCUT2D eigenvalue weighted by Gasteiger charge is -2.13. The zero-order chi connectivity index (χ0) is 14.3. The molecule has 0 radical (unpaired) electrons. The van der Waals surface area contributed by atoms with Crippen molar-refractivity contribution in [1.82, 2.24) is 19.1 Å². The van der Waals surface area contributed by atoms with Crippen molar-refractivity contribution in [1.29, 1.82) is 0 Å². The van der Waals surface area contributed by atoms with Crippen LogP contribution in [-0.2, 0) is 7.05 Å². The average molecular weight is 267 g/mol. The van der Waals surface area contributed by atoms with Crippen molar-refractivity contribution in [2.75, 3.05) is 18.0 Å². The third-order valence-corrected chi connectivity index (χ3v) is 3.23. The highest BCUT2D eigenvalue weighted by atomic mass is 16.1. The maximum absolute atomic E-state index is 12.2. The van der Waals surface area contributed by atoms with Crippen LogP contribution < -0.4 is 10.6 Å². The van der Waals surface area contributed by atoms with Crippen LogP contribution in [0.1, 0.15) is 0 Å². The minimum atomic E-state index is -0.379. The Morgan fingerprint density at radius 3 is 2.95 bits per heavy atom. The van der Waals surface area contributed by atoms with Gasteiger partial charge in [-0.15, -0.1) is 6.42 Å². The monoisotopic (exact) mass is 267 g/mol. The van der Waals surface area contributed by atoms with Gasteiger partial charge in [-0.05, 0) is 12.1 Å². The van der Waals surface area contributed by atoms with Gasteiger partial charge in [0.05, 0.1) is 18.8 Å². The van der Waals surface area contributed by atoms with Gasteiger partial charge in [-0.1, -0.05) is 12.5 Å². The summed E-state index contributed by atoms with van der Waals surface area (Å²) >= 11 is 0. The predicted octanol–water partition coefficient (Wildman–Crippen LogP) is 0.568. The van der Waals surface area contributed by atoms with E-state index in [0.29, 0.717) is 30.6 Å². The van der Waals surface area contributed by atoms with Gasteiger partial charge < -0.3 is 9.47 Å². The summed E-state index contributed by atoms with van der Waals surface area (Å²) in [4.78, 5) is 22.5. The molecule has 0 fully saturated rings. The molecular weight excluding hydrogens is 254 g/mol. The quantitative estimate of drug-likeness (QED) is 0.746. The largest absolute Gasteiger partial charge is 0.356 e. The van der Waals surface area contributed by atoms with E-state index in [-0.39, 0.29) is 5.69 Å². The maximum atomic E-state index is 12.2. The minimum absolute atomic E-state index is 0.377. The van der Waals surface area contributed by atoms with Crippen molar-refractivity contribution in [3.8, 4) is 23.9 Å². The van der Waals surface area contributed by atoms with Gasteiger partial charge >= 0.3 is 5.69 Å². The predicted molar refractivity (Wildman–Crippen MR) is 77.1 cm³/mol. The van der Waals surface area contributed by atoms with E-state index < -0.39 is 0 Å². The summed E-state index contributed by atoms with van der Waals surface area (Å²) in [6.07, 6.45) is 7.23. The van der Waals surface area contributed by atoms with Gasteiger partial charge in [0, 0.05) is 18.9 Å². The third-order valence-electron chi connectivity index (χ3n) is 3.23. The molecule has 20 heavy (non-hydrogen) atoms. The van der Waals surface area contributed by atoms with Crippen LogP contribution in [0.3, 0.4) is 0 Å². The number of aryl methyl sites for hydroxylation is 1. The molecule has 6 heteroatoms. The fourth-order valence-electron chi connectivity index (χ4n) is 2.29. The van der Waals surface area contributed by atoms with Gasteiger partial charge in [-0.25, -0.2) is 9.36 Å². The summed E-state index contributed by atoms with van der Waals surface area (Å²) in [5.41, 5.74) is 1.04. The molecule has 0 N–H and O–H groups in total. The van der Waals surface area contributed by atoms with E-state index in [1.807, 2.05) is 34.8 Å². The Labute approximate surface area is 116 Å². The fraction of sp³-hybridized carbons (Fsp3) is 0.214. The van der Waals surface area contributed by atoms with Crippen molar-refractivity contribution in [3.63, 3.8) is 0 Å². The van der Waals surface area contributed by atoms with Crippen LogP contribution in [0.15, 0.2) is 29.7 Å². The van der Waals surface area contributed by atoms with E-state index in [0.717, 1.165) is 5.69 Å². The first kappa shape index (κ1) is 12.2. The van der Waals surface area contributed by atoms with Crippen LogP contribution in [0.5, 0.6) is 0 Å². The lowest BCUT2D eigenvalue weighted by Crippen LogP contribution is -2.25. The van der Waals surface area contributed by atoms with Crippen LogP contribution in [0.2, 0.25) is 0 Å². The van der Waals surface area contributed by atoms with E-state index in [9.17, 15) is 4.79 Å². The summed E-state index contributed by atoms with van der Waals surface area (Å²) in [6.45, 7) is 4.73. The highest BCUT2D eigenvalue weighted by molar-refractivity contribution is 5.64. The van der Waals surface area contributed by atoms with Crippen LogP contribution in [0.25, 0.3) is 17.2 Å². The Morgan fingerprint density at radius 2 is 2.30 bits per heavy atom. The number of rotatable bonds is 2. The minimum Gasteiger partial charge on any atom is -0.348 e. The summed E-state index contributed by atoms with van der Waals surface area (Å²) < 4.78 is 3.27. The molecule has 0 unspecified atom stereocenters. The number of hydrogen-bond acceptors (Lipinski definition) is 4. The number of aromatic nitrogens is 4.